The van der Waals surface area contributed by atoms with Crippen LogP contribution in [0.4, 0.5) is 10.6 Å². The number of amides is 2. The van der Waals surface area contributed by atoms with Crippen LogP contribution in [-0.4, -0.2) is 89.2 Å². The van der Waals surface area contributed by atoms with Crippen LogP contribution in [0.5, 0.6) is 11.5 Å². The van der Waals surface area contributed by atoms with E-state index in [0.29, 0.717) is 56.1 Å². The highest BCUT2D eigenvalue weighted by Gasteiger charge is 2.33. The first-order chi connectivity index (χ1) is 19.0. The second kappa shape index (κ2) is 12.0. The topological polar surface area (TPSA) is 133 Å². The van der Waals surface area contributed by atoms with Crippen molar-refractivity contribution in [2.75, 3.05) is 51.7 Å². The van der Waals surface area contributed by atoms with Gasteiger partial charge in [0, 0.05) is 63.9 Å². The van der Waals surface area contributed by atoms with Gasteiger partial charge in [-0.3, -0.25) is 9.36 Å². The lowest BCUT2D eigenvalue weighted by molar-refractivity contribution is -0.121. The van der Waals surface area contributed by atoms with Gasteiger partial charge in [0.05, 0.1) is 12.6 Å². The Balaban J connectivity index is 1.31. The normalized spacial score (nSPS) is 16.3. The summed E-state index contributed by atoms with van der Waals surface area (Å²) < 4.78 is 22.8. The molecule has 13 heteroatoms. The molecule has 13 nitrogen and oxygen atoms in total. The molecule has 0 saturated carbocycles. The monoisotopic (exact) mass is 537 g/mol. The third-order valence-electron chi connectivity index (χ3n) is 6.46. The van der Waals surface area contributed by atoms with Crippen molar-refractivity contribution in [3.05, 3.63) is 54.2 Å². The number of carbonyl (C=O) groups excluding carboxylic acids is 2. The van der Waals surface area contributed by atoms with E-state index in [-0.39, 0.29) is 31.8 Å². The smallest absolute Gasteiger partial charge is 0.409 e. The van der Waals surface area contributed by atoms with Crippen molar-refractivity contribution >= 4 is 17.8 Å². The Morgan fingerprint density at radius 1 is 1.13 bits per heavy atom. The maximum absolute atomic E-state index is 13.1. The number of imidazole rings is 1. The molecular formula is C26H31N7O6. The van der Waals surface area contributed by atoms with Crippen molar-refractivity contribution in [2.45, 2.75) is 25.9 Å². The van der Waals surface area contributed by atoms with Crippen LogP contribution in [0.25, 0.3) is 5.95 Å². The van der Waals surface area contributed by atoms with Crippen LogP contribution in [-0.2, 0) is 20.8 Å². The van der Waals surface area contributed by atoms with E-state index in [9.17, 15) is 9.59 Å². The number of nitrogens with one attached hydrogen (secondary N) is 1. The molecule has 1 unspecified atom stereocenters. The second-order valence-corrected chi connectivity index (χ2v) is 9.21. The van der Waals surface area contributed by atoms with Gasteiger partial charge < -0.3 is 34.1 Å². The summed E-state index contributed by atoms with van der Waals surface area (Å²) in [5.74, 6) is 2.35. The van der Waals surface area contributed by atoms with Crippen molar-refractivity contribution in [2.24, 2.45) is 0 Å². The summed E-state index contributed by atoms with van der Waals surface area (Å²) in [6.45, 7) is 4.09. The molecule has 3 aromatic rings. The van der Waals surface area contributed by atoms with Crippen molar-refractivity contribution in [3.63, 3.8) is 0 Å². The molecule has 1 N–H and O–H groups in total. The minimum absolute atomic E-state index is 0.149. The van der Waals surface area contributed by atoms with E-state index >= 15 is 0 Å². The number of carbonyl (C=O) groups is 2. The van der Waals surface area contributed by atoms with Crippen LogP contribution in [0.15, 0.2) is 43.0 Å². The molecule has 1 aromatic carbocycles. The molecule has 2 aliphatic rings. The quantitative estimate of drug-likeness (QED) is 0.402. The van der Waals surface area contributed by atoms with Crippen LogP contribution in [0, 0.1) is 6.92 Å². The molecule has 5 rings (SSSR count). The van der Waals surface area contributed by atoms with E-state index in [1.807, 2.05) is 36.1 Å². The largest absolute Gasteiger partial charge is 0.454 e. The van der Waals surface area contributed by atoms with Crippen LogP contribution >= 0.6 is 0 Å². The van der Waals surface area contributed by atoms with E-state index in [1.165, 1.54) is 0 Å². The number of nitrogens with zero attached hydrogens (tertiary/aromatic N) is 6. The maximum Gasteiger partial charge on any atom is 0.409 e. The predicted molar refractivity (Wildman–Crippen MR) is 139 cm³/mol. The Kier molecular flexibility index (Phi) is 8.06. The van der Waals surface area contributed by atoms with Crippen LogP contribution in [0.1, 0.15) is 17.7 Å². The summed E-state index contributed by atoms with van der Waals surface area (Å²) in [6, 6.07) is 7.11. The fourth-order valence-electron chi connectivity index (χ4n) is 4.52. The Labute approximate surface area is 225 Å². The van der Waals surface area contributed by atoms with Gasteiger partial charge in [-0.1, -0.05) is 6.07 Å². The molecule has 2 amide bonds. The van der Waals surface area contributed by atoms with Gasteiger partial charge in [-0.05, 0) is 24.6 Å². The number of benzene rings is 1. The predicted octanol–water partition coefficient (Wildman–Crippen LogP) is 1.68. The van der Waals surface area contributed by atoms with Crippen LogP contribution in [0.3, 0.4) is 0 Å². The first-order valence-electron chi connectivity index (χ1n) is 12.7. The summed E-state index contributed by atoms with van der Waals surface area (Å²) in [5, 5.41) is 2.98. The summed E-state index contributed by atoms with van der Waals surface area (Å²) in [6.07, 6.45) is 4.78. The SMILES string of the molecule is COCCOC(=O)N1CCN(c2cc(C)nc(-n3ccnc3)n2)C(CC(=O)NCc2ccc3c(c2)OCO3)C1. The number of anilines is 1. The highest BCUT2D eigenvalue weighted by Crippen LogP contribution is 2.32. The van der Waals surface area contributed by atoms with E-state index in [1.54, 1.807) is 35.3 Å². The lowest BCUT2D eigenvalue weighted by Crippen LogP contribution is -2.56. The number of piperazine rings is 1. The van der Waals surface area contributed by atoms with Gasteiger partial charge in [0.1, 0.15) is 18.8 Å². The van der Waals surface area contributed by atoms with Crippen molar-refractivity contribution in [3.8, 4) is 17.4 Å². The van der Waals surface area contributed by atoms with E-state index in [4.69, 9.17) is 23.9 Å². The molecule has 39 heavy (non-hydrogen) atoms. The molecule has 2 aliphatic heterocycles. The number of rotatable bonds is 9. The standard InChI is InChI=1S/C26H31N7O6/c1-18-11-23(30-25(29-18)32-6-5-27-16-32)33-8-7-31(26(35)37-10-9-36-2)15-20(33)13-24(34)28-14-19-3-4-21-22(12-19)39-17-38-21/h3-6,11-12,16,20H,7-10,13-15,17H2,1-2H3,(H,28,34). The lowest BCUT2D eigenvalue weighted by Gasteiger charge is -2.41. The summed E-state index contributed by atoms with van der Waals surface area (Å²) in [4.78, 5) is 42.8. The number of fused-ring (bicyclic) bond motifs is 1. The average Bonchev–Trinajstić information content (AvgIpc) is 3.64. The molecule has 0 radical (unpaired) electrons. The molecule has 0 spiro atoms. The summed E-state index contributed by atoms with van der Waals surface area (Å²) in [5.41, 5.74) is 1.67. The number of hydrogen-bond donors (Lipinski definition) is 1. The maximum atomic E-state index is 13.1. The van der Waals surface area contributed by atoms with Crippen molar-refractivity contribution < 1.29 is 28.5 Å². The van der Waals surface area contributed by atoms with Gasteiger partial charge in [0.2, 0.25) is 18.6 Å². The van der Waals surface area contributed by atoms with E-state index < -0.39 is 6.09 Å². The molecule has 1 atom stereocenters. The number of methoxy groups -OCH3 is 1. The second-order valence-electron chi connectivity index (χ2n) is 9.21. The Morgan fingerprint density at radius 2 is 2.00 bits per heavy atom. The van der Waals surface area contributed by atoms with E-state index in [0.717, 1.165) is 11.3 Å². The molecule has 0 bridgehead atoms. The highest BCUT2D eigenvalue weighted by molar-refractivity contribution is 5.77. The fraction of sp³-hybridized carbons (Fsp3) is 0.423. The molecule has 1 saturated heterocycles. The first-order valence-corrected chi connectivity index (χ1v) is 12.7. The van der Waals surface area contributed by atoms with Crippen LogP contribution in [0.2, 0.25) is 0 Å². The third kappa shape index (κ3) is 6.37. The molecular weight excluding hydrogens is 506 g/mol. The number of ether oxygens (including phenoxy) is 4. The van der Waals surface area contributed by atoms with Crippen molar-refractivity contribution in [1.29, 1.82) is 0 Å². The fourth-order valence-corrected chi connectivity index (χ4v) is 4.52. The van der Waals surface area contributed by atoms with E-state index in [2.05, 4.69) is 15.3 Å². The first kappa shape index (κ1) is 26.2. The molecule has 1 fully saturated rings. The summed E-state index contributed by atoms with van der Waals surface area (Å²) in [7, 11) is 1.55. The third-order valence-corrected chi connectivity index (χ3v) is 6.46. The van der Waals surface area contributed by atoms with Crippen molar-refractivity contribution in [1.82, 2.24) is 29.7 Å². The molecule has 0 aliphatic carbocycles. The molecule has 4 heterocycles. The zero-order chi connectivity index (χ0) is 27.2. The Hall–Kier alpha value is -4.39. The molecule has 2 aromatic heterocycles. The van der Waals surface area contributed by atoms with Gasteiger partial charge in [0.15, 0.2) is 11.5 Å². The number of aryl methyl sites for hydroxylation is 1. The highest BCUT2D eigenvalue weighted by atomic mass is 16.7. The zero-order valence-corrected chi connectivity index (χ0v) is 21.9. The number of hydrogen-bond acceptors (Lipinski definition) is 10. The Morgan fingerprint density at radius 3 is 2.82 bits per heavy atom. The molecule has 206 valence electrons. The number of aromatic nitrogens is 4. The van der Waals surface area contributed by atoms with Gasteiger partial charge >= 0.3 is 6.09 Å². The van der Waals surface area contributed by atoms with Gasteiger partial charge in [-0.2, -0.15) is 4.98 Å². The minimum atomic E-state index is -0.435. The Bertz CT molecular complexity index is 1300. The lowest BCUT2D eigenvalue weighted by atomic mass is 10.1. The van der Waals surface area contributed by atoms with Crippen LogP contribution < -0.4 is 19.7 Å². The van der Waals surface area contributed by atoms with Gasteiger partial charge in [-0.25, -0.2) is 14.8 Å². The minimum Gasteiger partial charge on any atom is -0.454 e. The average molecular weight is 538 g/mol. The van der Waals surface area contributed by atoms with Gasteiger partial charge in [0.25, 0.3) is 0 Å². The van der Waals surface area contributed by atoms with Gasteiger partial charge in [-0.15, -0.1) is 0 Å². The zero-order valence-electron chi connectivity index (χ0n) is 21.9. The summed E-state index contributed by atoms with van der Waals surface area (Å²) >= 11 is 0.